The number of nitrogens with zero attached hydrogens (tertiary/aromatic N) is 3. The average molecular weight is 521 g/mol. The van der Waals surface area contributed by atoms with Gasteiger partial charge in [0, 0.05) is 24.2 Å². The molecule has 0 aliphatic carbocycles. The van der Waals surface area contributed by atoms with Crippen LogP contribution in [0.3, 0.4) is 0 Å². The number of ether oxygens (including phenoxy) is 1. The lowest BCUT2D eigenvalue weighted by Crippen LogP contribution is -2.35. The lowest BCUT2D eigenvalue weighted by molar-refractivity contribution is 0.306. The summed E-state index contributed by atoms with van der Waals surface area (Å²) in [6.45, 7) is 1.21. The fourth-order valence-electron chi connectivity index (χ4n) is 3.41. The molecule has 0 aliphatic rings. The normalized spacial score (nSPS) is 10.5. The Morgan fingerprint density at radius 3 is 2.75 bits per heavy atom. The molecule has 4 rings (SSSR count). The maximum absolute atomic E-state index is 13.4. The van der Waals surface area contributed by atoms with E-state index in [-0.39, 0.29) is 12.4 Å². The van der Waals surface area contributed by atoms with Gasteiger partial charge in [-0.3, -0.25) is 0 Å². The van der Waals surface area contributed by atoms with Crippen molar-refractivity contribution >= 4 is 51.3 Å². The highest BCUT2D eigenvalue weighted by molar-refractivity contribution is 7.80. The summed E-state index contributed by atoms with van der Waals surface area (Å²) in [5, 5.41) is 19.8. The van der Waals surface area contributed by atoms with Crippen LogP contribution < -0.4 is 20.7 Å². The lowest BCUT2D eigenvalue weighted by atomic mass is 10.1. The van der Waals surface area contributed by atoms with Crippen molar-refractivity contribution in [1.29, 1.82) is 5.26 Å². The number of aromatic nitrogens is 2. The number of nitriles is 1. The van der Waals surface area contributed by atoms with E-state index in [4.69, 9.17) is 33.8 Å². The van der Waals surface area contributed by atoms with Crippen molar-refractivity contribution in [2.45, 2.75) is 19.6 Å². The zero-order chi connectivity index (χ0) is 25.3. The average Bonchev–Trinajstić information content (AvgIpc) is 2.87. The number of benzene rings is 3. The Hall–Kier alpha value is -4.00. The van der Waals surface area contributed by atoms with Crippen molar-refractivity contribution in [2.24, 2.45) is 0 Å². The second-order valence-electron chi connectivity index (χ2n) is 7.78. The molecule has 1 aromatic heterocycles. The minimum atomic E-state index is -0.312. The number of nitrogens with one attached hydrogen (secondary N) is 3. The van der Waals surface area contributed by atoms with E-state index < -0.39 is 0 Å². The highest BCUT2D eigenvalue weighted by Crippen LogP contribution is 2.31. The molecule has 0 saturated heterocycles. The Balaban J connectivity index is 1.44. The van der Waals surface area contributed by atoms with Gasteiger partial charge in [0.1, 0.15) is 30.3 Å². The Kier molecular flexibility index (Phi) is 8.44. The molecule has 182 valence electrons. The number of thiocarbonyl (C=S) groups is 1. The molecular formula is C26H22ClFN6OS. The summed E-state index contributed by atoms with van der Waals surface area (Å²) < 4.78 is 19.1. The van der Waals surface area contributed by atoms with Gasteiger partial charge in [0.05, 0.1) is 23.0 Å². The van der Waals surface area contributed by atoms with E-state index >= 15 is 0 Å². The molecule has 1 heterocycles. The fraction of sp³-hybridized carbons (Fsp3) is 0.154. The first-order valence-electron chi connectivity index (χ1n) is 11.1. The van der Waals surface area contributed by atoms with Crippen LogP contribution in [-0.2, 0) is 13.2 Å². The van der Waals surface area contributed by atoms with E-state index in [1.165, 1.54) is 18.5 Å². The Morgan fingerprint density at radius 1 is 1.06 bits per heavy atom. The summed E-state index contributed by atoms with van der Waals surface area (Å²) in [5.41, 5.74) is 3.21. The number of rotatable bonds is 9. The SMILES string of the molecule is N#CCCNC(=S)NCc1ccc2ncnc(Nc3ccc(OCc4cccc(F)c4)c(Cl)c3)c2c1. The number of fused-ring (bicyclic) bond motifs is 1. The number of hydrogen-bond donors (Lipinski definition) is 3. The first-order valence-corrected chi connectivity index (χ1v) is 11.9. The zero-order valence-corrected chi connectivity index (χ0v) is 20.7. The summed E-state index contributed by atoms with van der Waals surface area (Å²) >= 11 is 11.7. The molecule has 0 atom stereocenters. The highest BCUT2D eigenvalue weighted by Gasteiger charge is 2.09. The monoisotopic (exact) mass is 520 g/mol. The number of halogens is 2. The lowest BCUT2D eigenvalue weighted by Gasteiger charge is -2.13. The summed E-state index contributed by atoms with van der Waals surface area (Å²) in [6.07, 6.45) is 1.88. The Labute approximate surface area is 218 Å². The van der Waals surface area contributed by atoms with E-state index in [9.17, 15) is 4.39 Å². The van der Waals surface area contributed by atoms with Crippen molar-refractivity contribution in [3.8, 4) is 11.8 Å². The number of anilines is 2. The van der Waals surface area contributed by atoms with Crippen LogP contribution in [0.5, 0.6) is 5.75 Å². The van der Waals surface area contributed by atoms with Crippen LogP contribution in [0.1, 0.15) is 17.5 Å². The van der Waals surface area contributed by atoms with E-state index in [2.05, 4.69) is 32.0 Å². The van der Waals surface area contributed by atoms with Gasteiger partial charge < -0.3 is 20.7 Å². The molecule has 4 aromatic rings. The van der Waals surface area contributed by atoms with E-state index in [1.54, 1.807) is 24.3 Å². The van der Waals surface area contributed by atoms with Crippen LogP contribution in [0, 0.1) is 17.1 Å². The predicted octanol–water partition coefficient (Wildman–Crippen LogP) is 5.62. The zero-order valence-electron chi connectivity index (χ0n) is 19.1. The Bertz CT molecular complexity index is 1430. The second-order valence-corrected chi connectivity index (χ2v) is 8.60. The molecule has 3 N–H and O–H groups in total. The maximum Gasteiger partial charge on any atom is 0.166 e. The predicted molar refractivity (Wildman–Crippen MR) is 143 cm³/mol. The third-order valence-corrected chi connectivity index (χ3v) is 5.74. The molecule has 0 unspecified atom stereocenters. The number of hydrogen-bond acceptors (Lipinski definition) is 6. The summed E-state index contributed by atoms with van der Waals surface area (Å²) in [7, 11) is 0. The van der Waals surface area contributed by atoms with E-state index in [1.807, 2.05) is 24.3 Å². The second kappa shape index (κ2) is 12.1. The van der Waals surface area contributed by atoms with Gasteiger partial charge in [0.15, 0.2) is 5.11 Å². The molecule has 10 heteroatoms. The summed E-state index contributed by atoms with van der Waals surface area (Å²) in [5.74, 6) is 0.806. The quantitative estimate of drug-likeness (QED) is 0.193. The van der Waals surface area contributed by atoms with Crippen LogP contribution in [-0.4, -0.2) is 21.6 Å². The van der Waals surface area contributed by atoms with Gasteiger partial charge >= 0.3 is 0 Å². The Morgan fingerprint density at radius 2 is 1.94 bits per heavy atom. The highest BCUT2D eigenvalue weighted by atomic mass is 35.5. The van der Waals surface area contributed by atoms with Crippen LogP contribution >= 0.6 is 23.8 Å². The van der Waals surface area contributed by atoms with Crippen LogP contribution in [0.25, 0.3) is 10.9 Å². The third-order valence-electron chi connectivity index (χ3n) is 5.15. The van der Waals surface area contributed by atoms with E-state index in [0.29, 0.717) is 46.8 Å². The summed E-state index contributed by atoms with van der Waals surface area (Å²) in [6, 6.07) is 19.5. The van der Waals surface area contributed by atoms with Crippen molar-refractivity contribution in [1.82, 2.24) is 20.6 Å². The van der Waals surface area contributed by atoms with E-state index in [0.717, 1.165) is 22.2 Å². The van der Waals surface area contributed by atoms with Crippen LogP contribution in [0.2, 0.25) is 5.02 Å². The first kappa shape index (κ1) is 25.1. The minimum absolute atomic E-state index is 0.203. The van der Waals surface area contributed by atoms with Gasteiger partial charge in [-0.05, 0) is 65.8 Å². The molecule has 0 radical (unpaired) electrons. The van der Waals surface area contributed by atoms with Crippen LogP contribution in [0.4, 0.5) is 15.9 Å². The molecule has 0 saturated carbocycles. The van der Waals surface area contributed by atoms with Crippen molar-refractivity contribution < 1.29 is 9.13 Å². The third kappa shape index (κ3) is 6.78. The molecule has 0 spiro atoms. The fourth-order valence-corrected chi connectivity index (χ4v) is 3.82. The molecule has 0 bridgehead atoms. The molecule has 0 aliphatic heterocycles. The standard InChI is InChI=1S/C26H22ClFN6OS/c27-22-13-20(6-8-24(22)35-15-18-3-1-4-19(28)11-18)34-25-21-12-17(5-7-23(21)32-16-33-25)14-31-26(36)30-10-2-9-29/h1,3-8,11-13,16H,2,10,14-15H2,(H2,30,31,36)(H,32,33,34). The largest absolute Gasteiger partial charge is 0.487 e. The van der Waals surface area contributed by atoms with Gasteiger partial charge in [-0.15, -0.1) is 0 Å². The van der Waals surface area contributed by atoms with Crippen LogP contribution in [0.15, 0.2) is 67.0 Å². The minimum Gasteiger partial charge on any atom is -0.487 e. The molecular weight excluding hydrogens is 499 g/mol. The first-order chi connectivity index (χ1) is 17.5. The molecule has 36 heavy (non-hydrogen) atoms. The molecule has 0 amide bonds. The van der Waals surface area contributed by atoms with Crippen molar-refractivity contribution in [3.05, 3.63) is 89.0 Å². The molecule has 7 nitrogen and oxygen atoms in total. The van der Waals surface area contributed by atoms with Crippen molar-refractivity contribution in [3.63, 3.8) is 0 Å². The maximum atomic E-state index is 13.4. The topological polar surface area (TPSA) is 94.9 Å². The van der Waals surface area contributed by atoms with Gasteiger partial charge in [-0.25, -0.2) is 14.4 Å². The summed E-state index contributed by atoms with van der Waals surface area (Å²) in [4.78, 5) is 8.75. The van der Waals surface area contributed by atoms with Gasteiger partial charge in [-0.1, -0.05) is 29.8 Å². The van der Waals surface area contributed by atoms with Gasteiger partial charge in [-0.2, -0.15) is 5.26 Å². The van der Waals surface area contributed by atoms with Crippen molar-refractivity contribution in [2.75, 3.05) is 11.9 Å². The van der Waals surface area contributed by atoms with Gasteiger partial charge in [0.2, 0.25) is 0 Å². The molecule has 3 aromatic carbocycles. The van der Waals surface area contributed by atoms with Gasteiger partial charge in [0.25, 0.3) is 0 Å². The molecule has 0 fully saturated rings. The smallest absolute Gasteiger partial charge is 0.166 e.